The fourth-order valence-electron chi connectivity index (χ4n) is 2.73. The Balaban J connectivity index is 1.89. The lowest BCUT2D eigenvalue weighted by Crippen LogP contribution is -2.24. The van der Waals surface area contributed by atoms with E-state index < -0.39 is 5.97 Å². The van der Waals surface area contributed by atoms with Crippen molar-refractivity contribution in [2.45, 2.75) is 32.2 Å². The van der Waals surface area contributed by atoms with Crippen molar-refractivity contribution in [2.75, 3.05) is 13.1 Å². The quantitative estimate of drug-likeness (QED) is 0.897. The summed E-state index contributed by atoms with van der Waals surface area (Å²) in [5, 5.41) is 9.49. The number of benzene rings is 1. The van der Waals surface area contributed by atoms with Gasteiger partial charge < -0.3 is 5.11 Å². The van der Waals surface area contributed by atoms with E-state index in [-0.39, 0.29) is 6.42 Å². The number of likely N-dealkylation sites (tertiary alicyclic amines) is 1. The number of rotatable bonds is 5. The van der Waals surface area contributed by atoms with E-state index in [1.807, 2.05) is 12.1 Å². The first kappa shape index (κ1) is 14.4. The van der Waals surface area contributed by atoms with E-state index in [2.05, 4.69) is 24.0 Å². The predicted octanol–water partition coefficient (Wildman–Crippen LogP) is 3.59. The lowest BCUT2D eigenvalue weighted by Gasteiger charge is -2.24. The van der Waals surface area contributed by atoms with Crippen LogP contribution in [0.2, 0.25) is 5.02 Å². The van der Waals surface area contributed by atoms with Gasteiger partial charge in [0.05, 0.1) is 0 Å². The Hall–Kier alpha value is -1.06. The molecule has 0 aliphatic carbocycles. The third kappa shape index (κ3) is 3.95. The van der Waals surface area contributed by atoms with Gasteiger partial charge in [-0.1, -0.05) is 23.7 Å². The van der Waals surface area contributed by atoms with Crippen LogP contribution in [0.1, 0.15) is 37.8 Å². The first-order valence-corrected chi connectivity index (χ1v) is 7.15. The molecule has 4 heteroatoms. The summed E-state index contributed by atoms with van der Waals surface area (Å²) < 4.78 is 0. The number of nitrogens with zero attached hydrogens (tertiary/aromatic N) is 1. The van der Waals surface area contributed by atoms with Crippen LogP contribution in [-0.2, 0) is 4.79 Å². The predicted molar refractivity (Wildman–Crippen MR) is 76.4 cm³/mol. The first-order valence-electron chi connectivity index (χ1n) is 6.77. The first-order chi connectivity index (χ1) is 9.06. The van der Waals surface area contributed by atoms with Gasteiger partial charge in [0.2, 0.25) is 0 Å². The number of aliphatic carboxylic acids is 1. The summed E-state index contributed by atoms with van der Waals surface area (Å²) in [4.78, 5) is 13.0. The molecule has 19 heavy (non-hydrogen) atoms. The van der Waals surface area contributed by atoms with Gasteiger partial charge in [0, 0.05) is 24.0 Å². The average molecular weight is 282 g/mol. The Bertz CT molecular complexity index is 432. The molecule has 1 fully saturated rings. The molecule has 1 aliphatic heterocycles. The van der Waals surface area contributed by atoms with Gasteiger partial charge in [0.1, 0.15) is 0 Å². The molecular formula is C15H20ClNO2. The molecule has 3 nitrogen and oxygen atoms in total. The van der Waals surface area contributed by atoms with Crippen molar-refractivity contribution >= 4 is 17.6 Å². The minimum Gasteiger partial charge on any atom is -0.481 e. The molecule has 1 heterocycles. The average Bonchev–Trinajstić information content (AvgIpc) is 2.85. The highest BCUT2D eigenvalue weighted by Gasteiger charge is 2.26. The molecule has 1 aliphatic rings. The Kier molecular flexibility index (Phi) is 4.83. The van der Waals surface area contributed by atoms with Crippen molar-refractivity contribution < 1.29 is 9.90 Å². The molecule has 104 valence electrons. The highest BCUT2D eigenvalue weighted by atomic mass is 35.5. The van der Waals surface area contributed by atoms with Gasteiger partial charge in [-0.2, -0.15) is 0 Å². The largest absolute Gasteiger partial charge is 0.481 e. The summed E-state index contributed by atoms with van der Waals surface area (Å²) in [6.45, 7) is 4.24. The van der Waals surface area contributed by atoms with Crippen LogP contribution in [0.5, 0.6) is 0 Å². The van der Waals surface area contributed by atoms with E-state index in [0.29, 0.717) is 12.0 Å². The van der Waals surface area contributed by atoms with Crippen LogP contribution in [0.15, 0.2) is 24.3 Å². The van der Waals surface area contributed by atoms with Crippen LogP contribution in [0.4, 0.5) is 0 Å². The molecule has 0 aromatic heterocycles. The van der Waals surface area contributed by atoms with Crippen molar-refractivity contribution in [3.63, 3.8) is 0 Å². The Morgan fingerprint density at radius 1 is 1.47 bits per heavy atom. The van der Waals surface area contributed by atoms with Gasteiger partial charge in [0.25, 0.3) is 0 Å². The third-order valence-corrected chi connectivity index (χ3v) is 4.24. The summed E-state index contributed by atoms with van der Waals surface area (Å²) in [5.74, 6) is -0.171. The Labute approximate surface area is 119 Å². The van der Waals surface area contributed by atoms with Crippen molar-refractivity contribution in [1.29, 1.82) is 0 Å². The zero-order valence-corrected chi connectivity index (χ0v) is 11.9. The smallest absolute Gasteiger partial charge is 0.303 e. The molecule has 2 unspecified atom stereocenters. The molecule has 2 rings (SSSR count). The maximum absolute atomic E-state index is 10.6. The zero-order valence-electron chi connectivity index (χ0n) is 11.2. The fourth-order valence-corrected chi connectivity index (χ4v) is 2.86. The zero-order chi connectivity index (χ0) is 13.8. The molecule has 0 amide bonds. The second kappa shape index (κ2) is 6.40. The summed E-state index contributed by atoms with van der Waals surface area (Å²) in [7, 11) is 0. The molecule has 1 aromatic rings. The number of hydrogen-bond acceptors (Lipinski definition) is 2. The van der Waals surface area contributed by atoms with Gasteiger partial charge in [0.15, 0.2) is 0 Å². The van der Waals surface area contributed by atoms with E-state index in [4.69, 9.17) is 16.7 Å². The molecular weight excluding hydrogens is 262 g/mol. The number of carboxylic acids is 1. The van der Waals surface area contributed by atoms with E-state index in [0.717, 1.165) is 31.0 Å². The van der Waals surface area contributed by atoms with Gasteiger partial charge >= 0.3 is 5.97 Å². The van der Waals surface area contributed by atoms with Crippen molar-refractivity contribution in [2.24, 2.45) is 5.92 Å². The Morgan fingerprint density at radius 3 is 2.79 bits per heavy atom. The summed E-state index contributed by atoms with van der Waals surface area (Å²) in [6, 6.07) is 8.35. The van der Waals surface area contributed by atoms with E-state index in [1.54, 1.807) is 0 Å². The van der Waals surface area contributed by atoms with Crippen molar-refractivity contribution in [3.05, 3.63) is 34.9 Å². The highest BCUT2D eigenvalue weighted by Crippen LogP contribution is 2.29. The molecule has 1 saturated heterocycles. The third-order valence-electron chi connectivity index (χ3n) is 3.98. The normalized spacial score (nSPS) is 21.5. The van der Waals surface area contributed by atoms with E-state index in [9.17, 15) is 4.79 Å². The van der Waals surface area contributed by atoms with Crippen LogP contribution >= 0.6 is 11.6 Å². The molecule has 1 N–H and O–H groups in total. The maximum atomic E-state index is 10.6. The highest BCUT2D eigenvalue weighted by molar-refractivity contribution is 6.30. The SMILES string of the molecule is CC(c1ccc(Cl)cc1)N1CCC(CCC(=O)O)C1. The summed E-state index contributed by atoms with van der Waals surface area (Å²) >= 11 is 5.90. The Morgan fingerprint density at radius 2 is 2.16 bits per heavy atom. The fraction of sp³-hybridized carbons (Fsp3) is 0.533. The van der Waals surface area contributed by atoms with Gasteiger partial charge in [-0.15, -0.1) is 0 Å². The van der Waals surface area contributed by atoms with Crippen LogP contribution in [0.25, 0.3) is 0 Å². The maximum Gasteiger partial charge on any atom is 0.303 e. The van der Waals surface area contributed by atoms with Crippen molar-refractivity contribution in [1.82, 2.24) is 4.90 Å². The lowest BCUT2D eigenvalue weighted by atomic mass is 10.0. The van der Waals surface area contributed by atoms with Gasteiger partial charge in [-0.3, -0.25) is 9.69 Å². The molecule has 0 spiro atoms. The molecule has 0 radical (unpaired) electrons. The second-order valence-corrected chi connectivity index (χ2v) is 5.75. The number of carbonyl (C=O) groups is 1. The lowest BCUT2D eigenvalue weighted by molar-refractivity contribution is -0.137. The number of hydrogen-bond donors (Lipinski definition) is 1. The summed E-state index contributed by atoms with van der Waals surface area (Å²) in [6.07, 6.45) is 2.18. The van der Waals surface area contributed by atoms with Crippen molar-refractivity contribution in [3.8, 4) is 0 Å². The molecule has 1 aromatic carbocycles. The molecule has 2 atom stereocenters. The second-order valence-electron chi connectivity index (χ2n) is 5.31. The summed E-state index contributed by atoms with van der Waals surface area (Å²) in [5.41, 5.74) is 1.27. The van der Waals surface area contributed by atoms with E-state index >= 15 is 0 Å². The monoisotopic (exact) mass is 281 g/mol. The topological polar surface area (TPSA) is 40.5 Å². The molecule has 0 saturated carbocycles. The van der Waals surface area contributed by atoms with Gasteiger partial charge in [-0.25, -0.2) is 0 Å². The van der Waals surface area contributed by atoms with Gasteiger partial charge in [-0.05, 0) is 49.9 Å². The molecule has 0 bridgehead atoms. The van der Waals surface area contributed by atoms with Crippen LogP contribution in [0, 0.1) is 5.92 Å². The standard InChI is InChI=1S/C15H20ClNO2/c1-11(13-3-5-14(16)6-4-13)17-9-8-12(10-17)2-7-15(18)19/h3-6,11-12H,2,7-10H2,1H3,(H,18,19). The minimum absolute atomic E-state index is 0.286. The number of halogens is 1. The van der Waals surface area contributed by atoms with Crippen LogP contribution in [0.3, 0.4) is 0 Å². The van der Waals surface area contributed by atoms with Crippen LogP contribution < -0.4 is 0 Å². The van der Waals surface area contributed by atoms with Crippen LogP contribution in [-0.4, -0.2) is 29.1 Å². The number of carboxylic acid groups (broad SMARTS) is 1. The minimum atomic E-state index is -0.691. The van der Waals surface area contributed by atoms with E-state index in [1.165, 1.54) is 5.56 Å².